The molecule has 0 radical (unpaired) electrons. The number of rotatable bonds is 5. The molecule has 3 aromatic rings. The number of benzene rings is 2. The average Bonchev–Trinajstić information content (AvgIpc) is 2.66. The van der Waals surface area contributed by atoms with E-state index < -0.39 is 44.3 Å². The molecule has 0 unspecified atom stereocenters. The molecular formula is C18H11N3O9. The van der Waals surface area contributed by atoms with Crippen molar-refractivity contribution >= 4 is 34.2 Å². The molecule has 12 heteroatoms. The van der Waals surface area contributed by atoms with Crippen molar-refractivity contribution in [3.8, 4) is 5.75 Å². The summed E-state index contributed by atoms with van der Waals surface area (Å²) in [5.41, 5.74) is 1.88. The van der Waals surface area contributed by atoms with Gasteiger partial charge in [0, 0.05) is 23.6 Å². The van der Waals surface area contributed by atoms with Crippen LogP contribution in [0.15, 0.2) is 45.6 Å². The summed E-state index contributed by atoms with van der Waals surface area (Å²) in [6, 6.07) is 6.81. The van der Waals surface area contributed by atoms with E-state index in [9.17, 15) is 34.6 Å². The third-order valence-electron chi connectivity index (χ3n) is 4.17. The summed E-state index contributed by atoms with van der Waals surface area (Å²) in [6.45, 7) is 1.19. The van der Waals surface area contributed by atoms with Crippen molar-refractivity contribution in [3.05, 3.63) is 83.7 Å². The Morgan fingerprint density at radius 1 is 1.03 bits per heavy atom. The number of primary amides is 1. The Bertz CT molecular complexity index is 1270. The van der Waals surface area contributed by atoms with Crippen LogP contribution in [0.4, 0.5) is 11.4 Å². The number of hydrogen-bond donors (Lipinski definition) is 1. The molecule has 2 aromatic carbocycles. The highest BCUT2D eigenvalue weighted by Crippen LogP contribution is 2.30. The van der Waals surface area contributed by atoms with Crippen LogP contribution in [0.5, 0.6) is 5.75 Å². The number of nitro groups is 2. The fourth-order valence-corrected chi connectivity index (χ4v) is 2.67. The van der Waals surface area contributed by atoms with Crippen LogP contribution >= 0.6 is 0 Å². The summed E-state index contributed by atoms with van der Waals surface area (Å²) in [5.74, 6) is -2.17. The van der Waals surface area contributed by atoms with Gasteiger partial charge in [0.25, 0.3) is 17.3 Å². The van der Waals surface area contributed by atoms with Crippen LogP contribution in [-0.2, 0) is 0 Å². The van der Waals surface area contributed by atoms with Gasteiger partial charge in [-0.1, -0.05) is 0 Å². The minimum absolute atomic E-state index is 0.0174. The van der Waals surface area contributed by atoms with Gasteiger partial charge >= 0.3 is 11.6 Å². The summed E-state index contributed by atoms with van der Waals surface area (Å²) >= 11 is 0. The first-order valence-electron chi connectivity index (χ1n) is 8.12. The number of ether oxygens (including phenoxy) is 1. The highest BCUT2D eigenvalue weighted by Gasteiger charge is 2.26. The lowest BCUT2D eigenvalue weighted by Gasteiger charge is -2.07. The molecule has 0 atom stereocenters. The molecule has 12 nitrogen and oxygen atoms in total. The Labute approximate surface area is 165 Å². The van der Waals surface area contributed by atoms with Crippen LogP contribution in [0.2, 0.25) is 0 Å². The van der Waals surface area contributed by atoms with Crippen LogP contribution in [0.1, 0.15) is 26.3 Å². The van der Waals surface area contributed by atoms with Crippen molar-refractivity contribution in [1.29, 1.82) is 0 Å². The summed E-state index contributed by atoms with van der Waals surface area (Å²) in [6.07, 6.45) is 0. The van der Waals surface area contributed by atoms with E-state index in [0.717, 1.165) is 12.1 Å². The Morgan fingerprint density at radius 3 is 2.17 bits per heavy atom. The maximum atomic E-state index is 12.4. The second kappa shape index (κ2) is 7.43. The van der Waals surface area contributed by atoms with E-state index >= 15 is 0 Å². The Hall–Kier alpha value is -4.61. The largest absolute Gasteiger partial charge is 0.423 e. The minimum atomic E-state index is -1.10. The van der Waals surface area contributed by atoms with Crippen LogP contribution in [0.25, 0.3) is 11.0 Å². The standard InChI is InChI=1S/C18H11N3O9/c1-8-13(20(25)26)5-10(6-14(8)21(27)28)17(23)29-11-3-2-9-4-12(16(19)22)18(24)30-15(9)7-11/h2-7H,1H3,(H2,19,22). The van der Waals surface area contributed by atoms with Gasteiger partial charge in [-0.25, -0.2) is 9.59 Å². The molecule has 1 aromatic heterocycles. The van der Waals surface area contributed by atoms with E-state index in [4.69, 9.17) is 14.9 Å². The van der Waals surface area contributed by atoms with Crippen LogP contribution in [-0.4, -0.2) is 21.7 Å². The van der Waals surface area contributed by atoms with Gasteiger partial charge in [0.15, 0.2) is 0 Å². The van der Waals surface area contributed by atoms with Crippen molar-refractivity contribution < 1.29 is 28.6 Å². The average molecular weight is 413 g/mol. The SMILES string of the molecule is Cc1c([N+](=O)[O-])cc(C(=O)Oc2ccc3cc(C(N)=O)c(=O)oc3c2)cc1[N+](=O)[O-]. The molecule has 0 aliphatic rings. The molecule has 0 saturated heterocycles. The molecule has 0 fully saturated rings. The smallest absolute Gasteiger partial charge is 0.349 e. The van der Waals surface area contributed by atoms with Gasteiger partial charge in [-0.05, 0) is 25.1 Å². The lowest BCUT2D eigenvalue weighted by atomic mass is 10.1. The van der Waals surface area contributed by atoms with Crippen molar-refractivity contribution in [3.63, 3.8) is 0 Å². The van der Waals surface area contributed by atoms with Gasteiger partial charge in [0.05, 0.1) is 15.4 Å². The number of esters is 1. The summed E-state index contributed by atoms with van der Waals surface area (Å²) in [7, 11) is 0. The normalized spacial score (nSPS) is 10.6. The highest BCUT2D eigenvalue weighted by molar-refractivity contribution is 5.96. The van der Waals surface area contributed by atoms with Crippen LogP contribution in [0.3, 0.4) is 0 Å². The Morgan fingerprint density at radius 2 is 1.63 bits per heavy atom. The second-order valence-corrected chi connectivity index (χ2v) is 6.05. The van der Waals surface area contributed by atoms with Crippen LogP contribution < -0.4 is 16.1 Å². The monoisotopic (exact) mass is 413 g/mol. The van der Waals surface area contributed by atoms with Gasteiger partial charge < -0.3 is 14.9 Å². The molecule has 2 N–H and O–H groups in total. The quantitative estimate of drug-likeness (QED) is 0.215. The molecule has 1 heterocycles. The lowest BCUT2D eigenvalue weighted by Crippen LogP contribution is -2.20. The number of carbonyl (C=O) groups excluding carboxylic acids is 2. The number of nitrogens with zero attached hydrogens (tertiary/aromatic N) is 2. The van der Waals surface area contributed by atoms with Crippen molar-refractivity contribution in [2.45, 2.75) is 6.92 Å². The minimum Gasteiger partial charge on any atom is -0.423 e. The molecule has 0 bridgehead atoms. The number of fused-ring (bicyclic) bond motifs is 1. The summed E-state index contributed by atoms with van der Waals surface area (Å²) in [4.78, 5) is 56.0. The van der Waals surface area contributed by atoms with Crippen molar-refractivity contribution in [2.75, 3.05) is 0 Å². The van der Waals surface area contributed by atoms with Crippen LogP contribution in [0, 0.1) is 27.2 Å². The lowest BCUT2D eigenvalue weighted by molar-refractivity contribution is -0.395. The molecule has 0 aliphatic heterocycles. The van der Waals surface area contributed by atoms with E-state index in [1.165, 1.54) is 31.2 Å². The van der Waals surface area contributed by atoms with Gasteiger partial charge in [-0.2, -0.15) is 0 Å². The first-order valence-corrected chi connectivity index (χ1v) is 8.12. The number of nitro benzene ring substituents is 2. The fourth-order valence-electron chi connectivity index (χ4n) is 2.67. The molecule has 152 valence electrons. The van der Waals surface area contributed by atoms with Gasteiger partial charge in [-0.3, -0.25) is 25.0 Å². The zero-order valence-electron chi connectivity index (χ0n) is 15.1. The van der Waals surface area contributed by atoms with Crippen molar-refractivity contribution in [1.82, 2.24) is 0 Å². The van der Waals surface area contributed by atoms with E-state index in [0.29, 0.717) is 5.39 Å². The Balaban J connectivity index is 1.99. The molecule has 0 spiro atoms. The van der Waals surface area contributed by atoms with Crippen molar-refractivity contribution in [2.24, 2.45) is 5.73 Å². The molecule has 3 rings (SSSR count). The first-order chi connectivity index (χ1) is 14.1. The van der Waals surface area contributed by atoms with Gasteiger partial charge in [-0.15, -0.1) is 0 Å². The second-order valence-electron chi connectivity index (χ2n) is 6.05. The summed E-state index contributed by atoms with van der Waals surface area (Å²) < 4.78 is 10.1. The molecule has 0 saturated carbocycles. The van der Waals surface area contributed by atoms with E-state index in [-0.39, 0.29) is 22.5 Å². The number of carbonyl (C=O) groups is 2. The highest BCUT2D eigenvalue weighted by atomic mass is 16.6. The van der Waals surface area contributed by atoms with E-state index in [1.807, 2.05) is 0 Å². The first kappa shape index (κ1) is 20.1. The van der Waals surface area contributed by atoms with E-state index in [1.54, 1.807) is 0 Å². The molecule has 30 heavy (non-hydrogen) atoms. The third-order valence-corrected chi connectivity index (χ3v) is 4.17. The molecular weight excluding hydrogens is 402 g/mol. The number of nitrogens with two attached hydrogens (primary N) is 1. The predicted octanol–water partition coefficient (Wildman–Crippen LogP) is 2.24. The predicted molar refractivity (Wildman–Crippen MR) is 100 cm³/mol. The Kier molecular flexibility index (Phi) is 4.98. The maximum absolute atomic E-state index is 12.4. The van der Waals surface area contributed by atoms with Gasteiger partial charge in [0.2, 0.25) is 0 Å². The zero-order chi connectivity index (χ0) is 22.2. The fraction of sp³-hybridized carbons (Fsp3) is 0.0556. The number of hydrogen-bond acceptors (Lipinski definition) is 9. The topological polar surface area (TPSA) is 186 Å². The van der Waals surface area contributed by atoms with Gasteiger partial charge in [0.1, 0.15) is 22.5 Å². The van der Waals surface area contributed by atoms with E-state index in [2.05, 4.69) is 0 Å². The maximum Gasteiger partial charge on any atom is 0.349 e. The zero-order valence-corrected chi connectivity index (χ0v) is 15.1. The summed E-state index contributed by atoms with van der Waals surface area (Å²) in [5, 5.41) is 22.6. The molecule has 0 aliphatic carbocycles. The molecule has 1 amide bonds. The third kappa shape index (κ3) is 3.69. The number of amides is 1.